The summed E-state index contributed by atoms with van der Waals surface area (Å²) in [4.78, 5) is 6.23. The standard InChI is InChI=1S/C10H17BrN2/c1-8(6-12-10(3)11)9(2)7-13(4)5/h6H,2,7H2,1,3-5H3/b8-6+,12-10?. The summed E-state index contributed by atoms with van der Waals surface area (Å²) in [7, 11) is 4.05. The first kappa shape index (κ1) is 12.6. The maximum absolute atomic E-state index is 4.14. The normalized spacial score (nSPS) is 13.7. The molecule has 0 radical (unpaired) electrons. The Morgan fingerprint density at radius 3 is 2.38 bits per heavy atom. The van der Waals surface area contributed by atoms with Crippen molar-refractivity contribution in [2.75, 3.05) is 20.6 Å². The molecule has 0 aliphatic rings. The highest BCUT2D eigenvalue weighted by Crippen LogP contribution is 2.07. The molecule has 0 N–H and O–H groups in total. The molecule has 0 rings (SSSR count). The molecule has 74 valence electrons. The molecule has 13 heavy (non-hydrogen) atoms. The fourth-order valence-corrected chi connectivity index (χ4v) is 0.886. The fourth-order valence-electron chi connectivity index (χ4n) is 0.783. The third-order valence-electron chi connectivity index (χ3n) is 1.50. The third-order valence-corrected chi connectivity index (χ3v) is 1.71. The monoisotopic (exact) mass is 244 g/mol. The minimum Gasteiger partial charge on any atom is -0.305 e. The molecule has 0 saturated carbocycles. The van der Waals surface area contributed by atoms with Crippen LogP contribution in [0, 0.1) is 0 Å². The maximum Gasteiger partial charge on any atom is 0.0798 e. The number of rotatable bonds is 4. The van der Waals surface area contributed by atoms with Gasteiger partial charge in [-0.2, -0.15) is 0 Å². The van der Waals surface area contributed by atoms with Gasteiger partial charge >= 0.3 is 0 Å². The molecular weight excluding hydrogens is 228 g/mol. The average Bonchev–Trinajstić information content (AvgIpc) is 1.98. The molecule has 2 nitrogen and oxygen atoms in total. The Bertz CT molecular complexity index is 235. The van der Waals surface area contributed by atoms with Gasteiger partial charge in [-0.3, -0.25) is 4.99 Å². The van der Waals surface area contributed by atoms with Crippen molar-refractivity contribution in [2.45, 2.75) is 13.8 Å². The molecule has 0 saturated heterocycles. The summed E-state index contributed by atoms with van der Waals surface area (Å²) >= 11 is 3.27. The molecule has 0 aliphatic carbocycles. The Morgan fingerprint density at radius 2 is 2.00 bits per heavy atom. The van der Waals surface area contributed by atoms with E-state index >= 15 is 0 Å². The van der Waals surface area contributed by atoms with Crippen LogP contribution in [0.5, 0.6) is 0 Å². The zero-order valence-electron chi connectivity index (χ0n) is 8.76. The Balaban J connectivity index is 4.25. The molecule has 0 unspecified atom stereocenters. The zero-order chi connectivity index (χ0) is 10.4. The van der Waals surface area contributed by atoms with Gasteiger partial charge in [-0.05, 0) is 55.0 Å². The van der Waals surface area contributed by atoms with Gasteiger partial charge in [0.1, 0.15) is 0 Å². The van der Waals surface area contributed by atoms with E-state index in [9.17, 15) is 0 Å². The van der Waals surface area contributed by atoms with Crippen LogP contribution in [-0.2, 0) is 0 Å². The number of likely N-dealkylation sites (N-methyl/N-ethyl adjacent to an activating group) is 1. The average molecular weight is 245 g/mol. The van der Waals surface area contributed by atoms with Crippen molar-refractivity contribution in [1.29, 1.82) is 0 Å². The lowest BCUT2D eigenvalue weighted by Gasteiger charge is -2.11. The fraction of sp³-hybridized carbons (Fsp3) is 0.500. The Hall–Kier alpha value is -0.410. The molecular formula is C10H17BrN2. The van der Waals surface area contributed by atoms with Crippen molar-refractivity contribution >= 4 is 20.6 Å². The second-order valence-electron chi connectivity index (χ2n) is 3.28. The minimum atomic E-state index is 0.874. The molecule has 0 heterocycles. The quantitative estimate of drug-likeness (QED) is 0.549. The van der Waals surface area contributed by atoms with Crippen molar-refractivity contribution < 1.29 is 0 Å². The first-order valence-corrected chi connectivity index (χ1v) is 4.92. The van der Waals surface area contributed by atoms with Crippen molar-refractivity contribution in [3.8, 4) is 0 Å². The number of aliphatic imine (C=N–C) groups is 1. The Labute approximate surface area is 89.2 Å². The second kappa shape index (κ2) is 6.11. The van der Waals surface area contributed by atoms with E-state index in [2.05, 4.69) is 32.4 Å². The lowest BCUT2D eigenvalue weighted by Crippen LogP contribution is -2.14. The predicted octanol–water partition coefficient (Wildman–Crippen LogP) is 2.82. The van der Waals surface area contributed by atoms with Crippen LogP contribution in [0.1, 0.15) is 13.8 Å². The van der Waals surface area contributed by atoms with Crippen LogP contribution in [0.2, 0.25) is 0 Å². The number of hydrogen-bond acceptors (Lipinski definition) is 2. The van der Waals surface area contributed by atoms with Crippen molar-refractivity contribution in [1.82, 2.24) is 4.90 Å². The van der Waals surface area contributed by atoms with Crippen LogP contribution in [0.4, 0.5) is 0 Å². The highest BCUT2D eigenvalue weighted by atomic mass is 79.9. The highest BCUT2D eigenvalue weighted by molar-refractivity contribution is 9.18. The summed E-state index contributed by atoms with van der Waals surface area (Å²) < 4.78 is 0.879. The minimum absolute atomic E-state index is 0.874. The maximum atomic E-state index is 4.14. The van der Waals surface area contributed by atoms with E-state index in [4.69, 9.17) is 0 Å². The van der Waals surface area contributed by atoms with Gasteiger partial charge in [0, 0.05) is 12.7 Å². The topological polar surface area (TPSA) is 15.6 Å². The van der Waals surface area contributed by atoms with Crippen LogP contribution >= 0.6 is 15.9 Å². The van der Waals surface area contributed by atoms with Crippen LogP contribution in [0.25, 0.3) is 0 Å². The van der Waals surface area contributed by atoms with Gasteiger partial charge in [0.05, 0.1) is 4.62 Å². The molecule has 0 aromatic carbocycles. The SMILES string of the molecule is C=C(CN(C)C)/C(C)=C/N=C(C)Br. The van der Waals surface area contributed by atoms with Gasteiger partial charge in [-0.1, -0.05) is 6.58 Å². The van der Waals surface area contributed by atoms with Gasteiger partial charge in [0.2, 0.25) is 0 Å². The first-order valence-electron chi connectivity index (χ1n) is 4.13. The zero-order valence-corrected chi connectivity index (χ0v) is 10.3. The molecule has 0 aliphatic heterocycles. The van der Waals surface area contributed by atoms with Crippen molar-refractivity contribution in [2.24, 2.45) is 4.99 Å². The number of halogens is 1. The van der Waals surface area contributed by atoms with Crippen LogP contribution in [0.3, 0.4) is 0 Å². The molecule has 0 atom stereocenters. The van der Waals surface area contributed by atoms with Crippen LogP contribution in [-0.4, -0.2) is 30.2 Å². The summed E-state index contributed by atoms with van der Waals surface area (Å²) in [6, 6.07) is 0. The summed E-state index contributed by atoms with van der Waals surface area (Å²) in [5.41, 5.74) is 2.22. The van der Waals surface area contributed by atoms with Crippen LogP contribution in [0.15, 0.2) is 28.9 Å². The van der Waals surface area contributed by atoms with E-state index in [-0.39, 0.29) is 0 Å². The van der Waals surface area contributed by atoms with E-state index in [0.29, 0.717) is 0 Å². The Kier molecular flexibility index (Phi) is 5.91. The molecule has 3 heteroatoms. The van der Waals surface area contributed by atoms with Gasteiger partial charge < -0.3 is 4.90 Å². The van der Waals surface area contributed by atoms with Gasteiger partial charge in [0.15, 0.2) is 0 Å². The van der Waals surface area contributed by atoms with Gasteiger partial charge in [0.25, 0.3) is 0 Å². The van der Waals surface area contributed by atoms with Gasteiger partial charge in [-0.15, -0.1) is 0 Å². The first-order chi connectivity index (χ1) is 5.93. The summed E-state index contributed by atoms with van der Waals surface area (Å²) in [6.07, 6.45) is 1.83. The molecule has 0 bridgehead atoms. The second-order valence-corrected chi connectivity index (χ2v) is 4.43. The van der Waals surface area contributed by atoms with Crippen LogP contribution < -0.4 is 0 Å². The van der Waals surface area contributed by atoms with E-state index in [1.54, 1.807) is 0 Å². The van der Waals surface area contributed by atoms with E-state index in [1.165, 1.54) is 0 Å². The highest BCUT2D eigenvalue weighted by Gasteiger charge is 1.97. The number of nitrogens with zero attached hydrogens (tertiary/aromatic N) is 2. The third kappa shape index (κ3) is 6.72. The van der Waals surface area contributed by atoms with Gasteiger partial charge in [-0.25, -0.2) is 0 Å². The summed E-state index contributed by atoms with van der Waals surface area (Å²) in [5, 5.41) is 0. The van der Waals surface area contributed by atoms with Crippen molar-refractivity contribution in [3.05, 3.63) is 23.9 Å². The molecule has 0 amide bonds. The van der Waals surface area contributed by atoms with E-state index in [0.717, 1.165) is 22.3 Å². The molecule has 0 fully saturated rings. The smallest absolute Gasteiger partial charge is 0.0798 e. The summed E-state index contributed by atoms with van der Waals surface area (Å²) in [5.74, 6) is 0. The molecule has 0 aromatic rings. The molecule has 0 spiro atoms. The van der Waals surface area contributed by atoms with E-state index < -0.39 is 0 Å². The lowest BCUT2D eigenvalue weighted by molar-refractivity contribution is 0.447. The predicted molar refractivity (Wildman–Crippen MR) is 63.5 cm³/mol. The van der Waals surface area contributed by atoms with Crippen molar-refractivity contribution in [3.63, 3.8) is 0 Å². The summed E-state index contributed by atoms with van der Waals surface area (Å²) in [6.45, 7) is 8.77. The number of hydrogen-bond donors (Lipinski definition) is 0. The largest absolute Gasteiger partial charge is 0.305 e. The molecule has 0 aromatic heterocycles. The van der Waals surface area contributed by atoms with E-state index in [1.807, 2.05) is 34.1 Å². The lowest BCUT2D eigenvalue weighted by atomic mass is 10.1. The Morgan fingerprint density at radius 1 is 1.46 bits per heavy atom.